The number of carbonyl (C=O) groups is 1. The average Bonchev–Trinajstić information content (AvgIpc) is 3.58. The van der Waals surface area contributed by atoms with Gasteiger partial charge in [0.2, 0.25) is 10.0 Å². The van der Waals surface area contributed by atoms with Gasteiger partial charge in [0.15, 0.2) is 11.6 Å². The van der Waals surface area contributed by atoms with Crippen LogP contribution >= 0.6 is 0 Å². The molecule has 2 aromatic carbocycles. The monoisotopic (exact) mass is 466 g/mol. The highest BCUT2D eigenvalue weighted by Gasteiger charge is 2.33. The highest BCUT2D eigenvalue weighted by molar-refractivity contribution is 7.89. The molecule has 172 valence electrons. The minimum Gasteiger partial charge on any atom is -0.389 e. The summed E-state index contributed by atoms with van der Waals surface area (Å²) in [7, 11) is -4.00. The number of benzene rings is 2. The van der Waals surface area contributed by atoms with Gasteiger partial charge in [-0.3, -0.25) is 4.79 Å². The molecule has 2 N–H and O–H groups in total. The first-order valence-electron chi connectivity index (χ1n) is 10.4. The van der Waals surface area contributed by atoms with Crippen LogP contribution in [0.1, 0.15) is 28.8 Å². The second-order valence-electron chi connectivity index (χ2n) is 8.14. The van der Waals surface area contributed by atoms with Crippen molar-refractivity contribution in [3.8, 4) is 0 Å². The van der Waals surface area contributed by atoms with Crippen molar-refractivity contribution in [2.45, 2.75) is 30.3 Å². The van der Waals surface area contributed by atoms with Crippen molar-refractivity contribution in [2.75, 3.05) is 31.6 Å². The van der Waals surface area contributed by atoms with Crippen LogP contribution in [0.5, 0.6) is 0 Å². The van der Waals surface area contributed by atoms with Gasteiger partial charge in [-0.25, -0.2) is 17.2 Å². The summed E-state index contributed by atoms with van der Waals surface area (Å²) in [5.74, 6) is -2.38. The van der Waals surface area contributed by atoms with Crippen LogP contribution in [-0.4, -0.2) is 56.1 Å². The number of nitrogens with one attached hydrogen (secondary N) is 1. The van der Waals surface area contributed by atoms with Gasteiger partial charge in [0.25, 0.3) is 5.91 Å². The molecule has 4 rings (SSSR count). The molecule has 2 aromatic rings. The minimum atomic E-state index is -4.00. The number of halogens is 2. The van der Waals surface area contributed by atoms with Crippen LogP contribution in [0.4, 0.5) is 14.5 Å². The van der Waals surface area contributed by atoms with Crippen molar-refractivity contribution in [3.05, 3.63) is 59.2 Å². The molecule has 1 saturated heterocycles. The van der Waals surface area contributed by atoms with Gasteiger partial charge in [-0.15, -0.1) is 0 Å². The molecule has 7 nitrogen and oxygen atoms in total. The lowest BCUT2D eigenvalue weighted by molar-refractivity contribution is 0.0583. The molecular formula is C22H24F2N2O5S. The quantitative estimate of drug-likeness (QED) is 0.682. The molecule has 0 radical (unpaired) electrons. The fraction of sp³-hybridized carbons (Fsp3) is 0.409. The number of nitrogens with zero attached hydrogens (tertiary/aromatic N) is 1. The van der Waals surface area contributed by atoms with Gasteiger partial charge >= 0.3 is 0 Å². The Morgan fingerprint density at radius 2 is 1.94 bits per heavy atom. The van der Waals surface area contributed by atoms with E-state index in [0.29, 0.717) is 17.9 Å². The summed E-state index contributed by atoms with van der Waals surface area (Å²) in [6.45, 7) is 0.201. The third kappa shape index (κ3) is 5.15. The first kappa shape index (κ1) is 22.8. The lowest BCUT2D eigenvalue weighted by Gasteiger charge is -2.23. The third-order valence-electron chi connectivity index (χ3n) is 5.54. The van der Waals surface area contributed by atoms with Gasteiger partial charge in [0.1, 0.15) is 0 Å². The second-order valence-corrected chi connectivity index (χ2v) is 10.1. The number of sulfonamides is 1. The Balaban J connectivity index is 1.65. The van der Waals surface area contributed by atoms with E-state index in [2.05, 4.69) is 5.32 Å². The van der Waals surface area contributed by atoms with E-state index in [1.54, 1.807) is 6.07 Å². The van der Waals surface area contributed by atoms with Crippen molar-refractivity contribution in [1.82, 2.24) is 4.31 Å². The molecule has 32 heavy (non-hydrogen) atoms. The number of carbonyl (C=O) groups excluding carboxylic acids is 1. The molecule has 0 aromatic heterocycles. The Morgan fingerprint density at radius 3 is 2.66 bits per heavy atom. The van der Waals surface area contributed by atoms with E-state index in [4.69, 9.17) is 4.74 Å². The van der Waals surface area contributed by atoms with Crippen molar-refractivity contribution in [3.63, 3.8) is 0 Å². The molecule has 1 aliphatic carbocycles. The number of ether oxygens (including phenoxy) is 1. The molecule has 0 spiro atoms. The molecule has 10 heteroatoms. The number of β-amino-alcohol motifs (C(OH)–C–C–N with tert-alkyl or cyclic N) is 1. The van der Waals surface area contributed by atoms with E-state index in [9.17, 15) is 27.1 Å². The molecule has 1 atom stereocenters. The summed E-state index contributed by atoms with van der Waals surface area (Å²) >= 11 is 0. The number of hydrogen-bond acceptors (Lipinski definition) is 5. The van der Waals surface area contributed by atoms with Gasteiger partial charge in [-0.05, 0) is 55.0 Å². The van der Waals surface area contributed by atoms with Crippen molar-refractivity contribution >= 4 is 21.6 Å². The van der Waals surface area contributed by atoms with Crippen molar-refractivity contribution < 1.29 is 31.8 Å². The number of anilines is 1. The van der Waals surface area contributed by atoms with E-state index in [1.807, 2.05) is 0 Å². The van der Waals surface area contributed by atoms with Gasteiger partial charge in [-0.2, -0.15) is 4.31 Å². The Labute approximate surface area is 185 Å². The normalized spacial score (nSPS) is 20.0. The SMILES string of the molecule is O=C(Nc1ccc(F)c(F)c1)c1ccc(CC2CC2)c(S(=O)(=O)N2CCOCC(O)C2)c1. The summed E-state index contributed by atoms with van der Waals surface area (Å²) < 4.78 is 59.9. The highest BCUT2D eigenvalue weighted by Crippen LogP contribution is 2.35. The molecule has 2 fully saturated rings. The second kappa shape index (κ2) is 9.22. The molecular weight excluding hydrogens is 442 g/mol. The maximum Gasteiger partial charge on any atom is 0.255 e. The first-order chi connectivity index (χ1) is 15.2. The molecule has 1 heterocycles. The predicted octanol–water partition coefficient (Wildman–Crippen LogP) is 2.55. The fourth-order valence-corrected chi connectivity index (χ4v) is 5.36. The highest BCUT2D eigenvalue weighted by atomic mass is 32.2. The van der Waals surface area contributed by atoms with Crippen molar-refractivity contribution in [2.24, 2.45) is 5.92 Å². The van der Waals surface area contributed by atoms with Crippen molar-refractivity contribution in [1.29, 1.82) is 0 Å². The van der Waals surface area contributed by atoms with Crippen LogP contribution in [0.3, 0.4) is 0 Å². The van der Waals surface area contributed by atoms with Crippen LogP contribution in [0.2, 0.25) is 0 Å². The summed E-state index contributed by atoms with van der Waals surface area (Å²) in [4.78, 5) is 12.7. The minimum absolute atomic E-state index is 0.0106. The lowest BCUT2D eigenvalue weighted by Crippen LogP contribution is -2.38. The lowest BCUT2D eigenvalue weighted by atomic mass is 10.1. The fourth-order valence-electron chi connectivity index (χ4n) is 3.64. The summed E-state index contributed by atoms with van der Waals surface area (Å²) in [5.41, 5.74) is 0.726. The zero-order chi connectivity index (χ0) is 22.9. The average molecular weight is 467 g/mol. The number of hydrogen-bond donors (Lipinski definition) is 2. The topological polar surface area (TPSA) is 95.9 Å². The maximum atomic E-state index is 13.5. The van der Waals surface area contributed by atoms with E-state index in [0.717, 1.165) is 25.0 Å². The Kier molecular flexibility index (Phi) is 6.57. The van der Waals surface area contributed by atoms with Gasteiger partial charge in [0.05, 0.1) is 24.2 Å². The Morgan fingerprint density at radius 1 is 1.16 bits per heavy atom. The molecule has 0 bridgehead atoms. The van der Waals surface area contributed by atoms with Crippen LogP contribution in [-0.2, 0) is 21.2 Å². The molecule has 1 amide bonds. The Bertz CT molecular complexity index is 1120. The van der Waals surface area contributed by atoms with Crippen LogP contribution in [0.25, 0.3) is 0 Å². The predicted molar refractivity (Wildman–Crippen MR) is 113 cm³/mol. The summed E-state index contributed by atoms with van der Waals surface area (Å²) in [6.07, 6.45) is 1.67. The molecule has 1 unspecified atom stereocenters. The van der Waals surface area contributed by atoms with Crippen LogP contribution in [0, 0.1) is 17.6 Å². The molecule has 1 saturated carbocycles. The van der Waals surface area contributed by atoms with Crippen LogP contribution < -0.4 is 5.32 Å². The number of aliphatic hydroxyl groups excluding tert-OH is 1. The number of amides is 1. The van der Waals surface area contributed by atoms with E-state index in [1.165, 1.54) is 22.5 Å². The Hall–Kier alpha value is -2.40. The number of rotatable bonds is 6. The van der Waals surface area contributed by atoms with E-state index >= 15 is 0 Å². The van der Waals surface area contributed by atoms with E-state index in [-0.39, 0.29) is 42.4 Å². The summed E-state index contributed by atoms with van der Waals surface area (Å²) in [6, 6.07) is 7.41. The smallest absolute Gasteiger partial charge is 0.255 e. The molecule has 1 aliphatic heterocycles. The zero-order valence-corrected chi connectivity index (χ0v) is 18.1. The van der Waals surface area contributed by atoms with Gasteiger partial charge < -0.3 is 15.2 Å². The maximum absolute atomic E-state index is 13.5. The number of aliphatic hydroxyl groups is 1. The largest absolute Gasteiger partial charge is 0.389 e. The zero-order valence-electron chi connectivity index (χ0n) is 17.3. The van der Waals surface area contributed by atoms with Gasteiger partial charge in [-0.1, -0.05) is 6.07 Å². The summed E-state index contributed by atoms with van der Waals surface area (Å²) in [5, 5.41) is 12.5. The van der Waals surface area contributed by atoms with Crippen LogP contribution in [0.15, 0.2) is 41.3 Å². The third-order valence-corrected chi connectivity index (χ3v) is 7.49. The molecule has 2 aliphatic rings. The van der Waals surface area contributed by atoms with E-state index < -0.39 is 33.7 Å². The standard InChI is InChI=1S/C22H24F2N2O5S/c23-19-6-5-17(11-20(19)24)25-22(28)16-4-3-15(9-14-1-2-14)21(10-16)32(29,30)26-7-8-31-13-18(27)12-26/h3-6,10-11,14,18,27H,1-2,7-9,12-13H2,(H,25,28). The first-order valence-corrected chi connectivity index (χ1v) is 11.8. The van der Waals surface area contributed by atoms with Gasteiger partial charge in [0, 0.05) is 30.4 Å².